The largest absolute Gasteiger partial charge is 0.493 e. The van der Waals surface area contributed by atoms with Gasteiger partial charge in [0.2, 0.25) is 0 Å². The monoisotopic (exact) mass is 489 g/mol. The molecule has 0 radical (unpaired) electrons. The molecule has 0 unspecified atom stereocenters. The lowest BCUT2D eigenvalue weighted by molar-refractivity contribution is -0.144. The molecule has 1 atom stereocenters. The first-order valence-corrected chi connectivity index (χ1v) is 12.8. The topological polar surface area (TPSA) is 111 Å². The van der Waals surface area contributed by atoms with Crippen molar-refractivity contribution in [2.45, 2.75) is 32.8 Å². The maximum absolute atomic E-state index is 12.6. The van der Waals surface area contributed by atoms with Gasteiger partial charge in [0.05, 0.1) is 38.6 Å². The molecule has 174 valence electrons. The highest BCUT2D eigenvalue weighted by Gasteiger charge is 2.21. The van der Waals surface area contributed by atoms with Crippen LogP contribution in [0.15, 0.2) is 41.0 Å². The standard InChI is InChI=1S/C23H24ClN3O5S/c1-3-31-21-12-17(27-33(30)7-4-8-33)11-19-22(21)18(25-13-26-19)9-15-5-6-16(24)10-20(15)32-14(2)23(28)29/h5-6,10-14H,3-4,7-9H2,1-2H3,(H,28,29)/t14-/m1/s1. The Morgan fingerprint density at radius 2 is 2.03 bits per heavy atom. The molecule has 0 amide bonds. The molecule has 1 fully saturated rings. The Bertz CT molecular complexity index is 1330. The fourth-order valence-electron chi connectivity index (χ4n) is 3.54. The summed E-state index contributed by atoms with van der Waals surface area (Å²) in [5, 5.41) is 10.4. The van der Waals surface area contributed by atoms with Crippen molar-refractivity contribution in [2.24, 2.45) is 4.36 Å². The Labute approximate surface area is 197 Å². The molecule has 1 aliphatic heterocycles. The second kappa shape index (κ2) is 9.52. The van der Waals surface area contributed by atoms with E-state index in [0.717, 1.165) is 12.0 Å². The van der Waals surface area contributed by atoms with Crippen LogP contribution in [-0.2, 0) is 20.9 Å². The van der Waals surface area contributed by atoms with Crippen LogP contribution in [0.3, 0.4) is 0 Å². The normalized spacial score (nSPS) is 15.5. The van der Waals surface area contributed by atoms with Gasteiger partial charge in [-0.15, -0.1) is 0 Å². The van der Waals surface area contributed by atoms with Crippen molar-refractivity contribution in [1.29, 1.82) is 0 Å². The summed E-state index contributed by atoms with van der Waals surface area (Å²) in [5.74, 6) is 1.07. The van der Waals surface area contributed by atoms with Gasteiger partial charge in [0.25, 0.3) is 0 Å². The van der Waals surface area contributed by atoms with E-state index in [0.29, 0.717) is 63.3 Å². The van der Waals surface area contributed by atoms with Gasteiger partial charge in [-0.2, -0.15) is 4.36 Å². The molecule has 4 rings (SSSR count). The number of benzene rings is 2. The minimum atomic E-state index is -2.18. The molecule has 1 aliphatic rings. The molecule has 10 heteroatoms. The average Bonchev–Trinajstić information content (AvgIpc) is 2.74. The number of aromatic nitrogens is 2. The summed E-state index contributed by atoms with van der Waals surface area (Å²) in [5.41, 5.74) is 2.60. The Hall–Kier alpha value is -2.91. The van der Waals surface area contributed by atoms with E-state index in [-0.39, 0.29) is 0 Å². The van der Waals surface area contributed by atoms with Gasteiger partial charge in [-0.05, 0) is 38.5 Å². The van der Waals surface area contributed by atoms with Gasteiger partial charge in [0.1, 0.15) is 17.8 Å². The van der Waals surface area contributed by atoms with Crippen LogP contribution in [-0.4, -0.2) is 49.5 Å². The number of carbonyl (C=O) groups is 1. The first-order valence-electron chi connectivity index (χ1n) is 10.6. The van der Waals surface area contributed by atoms with Gasteiger partial charge in [-0.3, -0.25) is 0 Å². The molecule has 0 bridgehead atoms. The molecule has 8 nitrogen and oxygen atoms in total. The highest BCUT2D eigenvalue weighted by atomic mass is 35.5. The van der Waals surface area contributed by atoms with Crippen LogP contribution in [0.5, 0.6) is 11.5 Å². The predicted molar refractivity (Wildman–Crippen MR) is 127 cm³/mol. The lowest BCUT2D eigenvalue weighted by atomic mass is 10.0. The number of aliphatic carboxylic acids is 1. The van der Waals surface area contributed by atoms with Crippen molar-refractivity contribution in [3.63, 3.8) is 0 Å². The van der Waals surface area contributed by atoms with Crippen LogP contribution >= 0.6 is 11.6 Å². The summed E-state index contributed by atoms with van der Waals surface area (Å²) >= 11 is 6.12. The summed E-state index contributed by atoms with van der Waals surface area (Å²) in [6.07, 6.45) is 1.68. The number of nitrogens with zero attached hydrogens (tertiary/aromatic N) is 3. The number of carboxylic acid groups (broad SMARTS) is 1. The Balaban J connectivity index is 1.78. The van der Waals surface area contributed by atoms with Crippen LogP contribution in [0.1, 0.15) is 31.5 Å². The lowest BCUT2D eigenvalue weighted by Crippen LogP contribution is -2.23. The van der Waals surface area contributed by atoms with Crippen LogP contribution < -0.4 is 9.47 Å². The van der Waals surface area contributed by atoms with Crippen molar-refractivity contribution in [2.75, 3.05) is 18.1 Å². The minimum Gasteiger partial charge on any atom is -0.493 e. The Morgan fingerprint density at radius 1 is 1.24 bits per heavy atom. The van der Waals surface area contributed by atoms with Crippen LogP contribution in [0.2, 0.25) is 5.02 Å². The first kappa shape index (κ1) is 23.3. The number of carboxylic acids is 1. The van der Waals surface area contributed by atoms with E-state index in [1.165, 1.54) is 13.3 Å². The zero-order chi connectivity index (χ0) is 23.6. The zero-order valence-electron chi connectivity index (χ0n) is 18.3. The number of ether oxygens (including phenoxy) is 2. The summed E-state index contributed by atoms with van der Waals surface area (Å²) in [4.78, 5) is 20.1. The highest BCUT2D eigenvalue weighted by Crippen LogP contribution is 2.36. The molecule has 3 aromatic rings. The van der Waals surface area contributed by atoms with Gasteiger partial charge < -0.3 is 14.6 Å². The molecule has 1 N–H and O–H groups in total. The number of rotatable bonds is 8. The molecule has 2 aromatic carbocycles. The fraction of sp³-hybridized carbons (Fsp3) is 0.348. The molecule has 0 spiro atoms. The molecule has 33 heavy (non-hydrogen) atoms. The molecule has 2 heterocycles. The van der Waals surface area contributed by atoms with Crippen molar-refractivity contribution < 1.29 is 23.6 Å². The summed E-state index contributed by atoms with van der Waals surface area (Å²) < 4.78 is 28.6. The van der Waals surface area contributed by atoms with Gasteiger partial charge in [-0.25, -0.2) is 19.0 Å². The Kier molecular flexibility index (Phi) is 6.71. The molecule has 1 saturated heterocycles. The van der Waals surface area contributed by atoms with Crippen LogP contribution in [0, 0.1) is 0 Å². The smallest absolute Gasteiger partial charge is 0.344 e. The quantitative estimate of drug-likeness (QED) is 0.491. The number of hydrogen-bond acceptors (Lipinski definition) is 7. The lowest BCUT2D eigenvalue weighted by Gasteiger charge is -2.19. The fourth-order valence-corrected chi connectivity index (χ4v) is 5.16. The maximum Gasteiger partial charge on any atom is 0.344 e. The van der Waals surface area contributed by atoms with Crippen molar-refractivity contribution >= 4 is 43.9 Å². The van der Waals surface area contributed by atoms with Crippen molar-refractivity contribution in [3.05, 3.63) is 52.9 Å². The molecule has 0 saturated carbocycles. The van der Waals surface area contributed by atoms with Gasteiger partial charge in [0.15, 0.2) is 6.10 Å². The van der Waals surface area contributed by atoms with E-state index in [2.05, 4.69) is 14.3 Å². The highest BCUT2D eigenvalue weighted by molar-refractivity contribution is 7.95. The summed E-state index contributed by atoms with van der Waals surface area (Å²) in [6, 6.07) is 8.66. The van der Waals surface area contributed by atoms with E-state index in [9.17, 15) is 14.1 Å². The second-order valence-electron chi connectivity index (χ2n) is 7.74. The van der Waals surface area contributed by atoms with E-state index < -0.39 is 21.8 Å². The summed E-state index contributed by atoms with van der Waals surface area (Å²) in [7, 11) is -2.18. The van der Waals surface area contributed by atoms with E-state index >= 15 is 0 Å². The number of halogens is 1. The zero-order valence-corrected chi connectivity index (χ0v) is 19.9. The van der Waals surface area contributed by atoms with E-state index in [1.54, 1.807) is 30.3 Å². The second-order valence-corrected chi connectivity index (χ2v) is 10.7. The van der Waals surface area contributed by atoms with Crippen LogP contribution in [0.4, 0.5) is 5.69 Å². The number of fused-ring (bicyclic) bond motifs is 1. The molecular weight excluding hydrogens is 466 g/mol. The minimum absolute atomic E-state index is 0.338. The predicted octanol–water partition coefficient (Wildman–Crippen LogP) is 4.63. The third-order valence-electron chi connectivity index (χ3n) is 5.30. The van der Waals surface area contributed by atoms with Crippen LogP contribution in [0.25, 0.3) is 10.9 Å². The van der Waals surface area contributed by atoms with Gasteiger partial charge in [0, 0.05) is 34.6 Å². The van der Waals surface area contributed by atoms with Gasteiger partial charge >= 0.3 is 5.97 Å². The molecule has 0 aliphatic carbocycles. The first-order chi connectivity index (χ1) is 15.8. The van der Waals surface area contributed by atoms with Crippen molar-refractivity contribution in [3.8, 4) is 11.5 Å². The third kappa shape index (κ3) is 5.20. The third-order valence-corrected chi connectivity index (χ3v) is 7.93. The van der Waals surface area contributed by atoms with Crippen molar-refractivity contribution in [1.82, 2.24) is 9.97 Å². The molecular formula is C23H24ClN3O5S. The molecule has 1 aromatic heterocycles. The summed E-state index contributed by atoms with van der Waals surface area (Å²) in [6.45, 7) is 3.76. The number of hydrogen-bond donors (Lipinski definition) is 1. The van der Waals surface area contributed by atoms with E-state index in [1.807, 2.05) is 6.92 Å². The van der Waals surface area contributed by atoms with Gasteiger partial charge in [-0.1, -0.05) is 17.7 Å². The maximum atomic E-state index is 12.6. The average molecular weight is 490 g/mol. The van der Waals surface area contributed by atoms with E-state index in [4.69, 9.17) is 21.1 Å². The Morgan fingerprint density at radius 3 is 2.70 bits per heavy atom. The SMILES string of the molecule is CCOc1cc(N=S2(=O)CCC2)cc2ncnc(Cc3ccc(Cl)cc3O[C@H](C)C(=O)O)c12.